The van der Waals surface area contributed by atoms with E-state index in [-0.39, 0.29) is 36.8 Å². The second-order valence-electron chi connectivity index (χ2n) is 12.1. The molecule has 4 N–H and O–H groups in total. The van der Waals surface area contributed by atoms with Gasteiger partial charge in [0.15, 0.2) is 11.5 Å². The number of aromatic hydroxyl groups is 1. The van der Waals surface area contributed by atoms with Crippen molar-refractivity contribution in [1.82, 2.24) is 9.97 Å². The van der Waals surface area contributed by atoms with E-state index in [1.165, 1.54) is 13.5 Å². The first kappa shape index (κ1) is 31.3. The summed E-state index contributed by atoms with van der Waals surface area (Å²) in [4.78, 5) is 33.0. The van der Waals surface area contributed by atoms with Gasteiger partial charge in [0.2, 0.25) is 0 Å². The zero-order valence-corrected chi connectivity index (χ0v) is 25.7. The number of nitrogens with one attached hydrogen (secondary N) is 2. The molecule has 2 aromatic heterocycles. The number of carbonyl (C=O) groups excluding carboxylic acids is 2. The Morgan fingerprint density at radius 3 is 2.64 bits per heavy atom. The fourth-order valence-electron chi connectivity index (χ4n) is 6.72. The monoisotopic (exact) mass is 597 g/mol. The molecule has 3 aromatic rings. The van der Waals surface area contributed by atoms with Gasteiger partial charge in [0.1, 0.15) is 17.4 Å². The third-order valence-corrected chi connectivity index (χ3v) is 8.90. The molecule has 44 heavy (non-hydrogen) atoms. The van der Waals surface area contributed by atoms with Crippen molar-refractivity contribution < 1.29 is 24.5 Å². The normalized spacial score (nSPS) is 18.3. The van der Waals surface area contributed by atoms with Crippen molar-refractivity contribution in [1.29, 1.82) is 0 Å². The van der Waals surface area contributed by atoms with Gasteiger partial charge in [-0.25, -0.2) is 4.98 Å². The number of ketones is 2. The van der Waals surface area contributed by atoms with Crippen LogP contribution < -0.4 is 10.1 Å². The maximum Gasteiger partial charge on any atom is 0.161 e. The summed E-state index contributed by atoms with van der Waals surface area (Å²) in [5.74, 6) is 0.481. The Labute approximate surface area is 259 Å². The topological polar surface area (TPSA) is 125 Å². The van der Waals surface area contributed by atoms with E-state index in [9.17, 15) is 19.8 Å². The molecule has 0 bridgehead atoms. The molecule has 0 radical (unpaired) electrons. The third kappa shape index (κ3) is 6.65. The fourth-order valence-corrected chi connectivity index (χ4v) is 6.72. The number of aromatic amines is 1. The Morgan fingerprint density at radius 2 is 1.89 bits per heavy atom. The Morgan fingerprint density at radius 1 is 1.07 bits per heavy atom. The molecular weight excluding hydrogens is 554 g/mol. The molecule has 8 nitrogen and oxygen atoms in total. The summed E-state index contributed by atoms with van der Waals surface area (Å²) in [5, 5.41) is 26.0. The molecule has 0 saturated heterocycles. The van der Waals surface area contributed by atoms with E-state index in [0.29, 0.717) is 30.6 Å². The third-order valence-electron chi connectivity index (χ3n) is 8.90. The summed E-state index contributed by atoms with van der Waals surface area (Å²) in [7, 11) is 1.51. The minimum absolute atomic E-state index is 0.00226. The van der Waals surface area contributed by atoms with E-state index in [1.807, 2.05) is 42.7 Å². The van der Waals surface area contributed by atoms with Crippen molar-refractivity contribution in [2.45, 2.75) is 77.0 Å². The van der Waals surface area contributed by atoms with E-state index >= 15 is 0 Å². The minimum atomic E-state index is -0.812. The lowest BCUT2D eigenvalue weighted by atomic mass is 9.61. The van der Waals surface area contributed by atoms with Crippen molar-refractivity contribution in [2.75, 3.05) is 19.0 Å². The molecule has 1 aromatic carbocycles. The van der Waals surface area contributed by atoms with Crippen LogP contribution in [0.5, 0.6) is 11.5 Å². The van der Waals surface area contributed by atoms with Crippen LogP contribution in [0.25, 0.3) is 5.57 Å². The highest BCUT2D eigenvalue weighted by Crippen LogP contribution is 2.56. The largest absolute Gasteiger partial charge is 0.504 e. The van der Waals surface area contributed by atoms with Crippen molar-refractivity contribution in [3.05, 3.63) is 89.0 Å². The van der Waals surface area contributed by atoms with Crippen molar-refractivity contribution in [3.8, 4) is 11.5 Å². The molecule has 1 aliphatic heterocycles. The van der Waals surface area contributed by atoms with Crippen molar-refractivity contribution in [3.63, 3.8) is 0 Å². The van der Waals surface area contributed by atoms with Gasteiger partial charge in [-0.2, -0.15) is 0 Å². The molecule has 232 valence electrons. The van der Waals surface area contributed by atoms with E-state index in [1.54, 1.807) is 12.3 Å². The summed E-state index contributed by atoms with van der Waals surface area (Å²) >= 11 is 0. The maximum atomic E-state index is 12.8. The van der Waals surface area contributed by atoms with Gasteiger partial charge in [-0.15, -0.1) is 0 Å². The summed E-state index contributed by atoms with van der Waals surface area (Å²) in [6.45, 7) is 1.98. The van der Waals surface area contributed by atoms with Gasteiger partial charge in [0.25, 0.3) is 0 Å². The van der Waals surface area contributed by atoms with Gasteiger partial charge in [0, 0.05) is 59.6 Å². The predicted octanol–water partition coefficient (Wildman–Crippen LogP) is 6.63. The Bertz CT molecular complexity index is 1540. The number of Topliss-reactive ketones (excluding diaryl/α,β-unsaturated/α-hetero) is 2. The lowest BCUT2D eigenvalue weighted by Crippen LogP contribution is -2.38. The number of ether oxygens (including phenoxy) is 1. The zero-order valence-electron chi connectivity index (χ0n) is 25.7. The fraction of sp³-hybridized carbons (Fsp3) is 0.417. The highest BCUT2D eigenvalue weighted by molar-refractivity contribution is 5.99. The number of H-pyrrole nitrogens is 1. The van der Waals surface area contributed by atoms with Gasteiger partial charge < -0.3 is 25.3 Å². The number of aromatic nitrogens is 2. The van der Waals surface area contributed by atoms with Crippen LogP contribution in [-0.4, -0.2) is 45.5 Å². The van der Waals surface area contributed by atoms with Crippen molar-refractivity contribution >= 4 is 23.0 Å². The van der Waals surface area contributed by atoms with Crippen LogP contribution in [0.3, 0.4) is 0 Å². The van der Waals surface area contributed by atoms with Crippen LogP contribution in [-0.2, 0) is 22.4 Å². The number of aliphatic hydroxyl groups excluding tert-OH is 1. The number of benzene rings is 1. The highest BCUT2D eigenvalue weighted by atomic mass is 16.5. The molecule has 0 saturated carbocycles. The van der Waals surface area contributed by atoms with Gasteiger partial charge in [-0.3, -0.25) is 9.59 Å². The molecule has 2 aliphatic rings. The Kier molecular flexibility index (Phi) is 10.0. The van der Waals surface area contributed by atoms with Crippen LogP contribution in [0.15, 0.2) is 61.1 Å². The number of methoxy groups -OCH3 is 1. The predicted molar refractivity (Wildman–Crippen MR) is 172 cm³/mol. The number of hydrogen-bond acceptors (Lipinski definition) is 7. The van der Waals surface area contributed by atoms with Crippen LogP contribution in [0.2, 0.25) is 0 Å². The number of allylic oxidation sites excluding steroid dienone is 2. The van der Waals surface area contributed by atoms with Crippen LogP contribution >= 0.6 is 0 Å². The number of anilines is 1. The Balaban J connectivity index is 1.46. The van der Waals surface area contributed by atoms with Gasteiger partial charge in [-0.1, -0.05) is 44.7 Å². The molecule has 0 amide bonds. The number of hydrogen-bond donors (Lipinski definition) is 4. The van der Waals surface area contributed by atoms with Gasteiger partial charge in [0.05, 0.1) is 20.1 Å². The van der Waals surface area contributed by atoms with E-state index in [2.05, 4.69) is 28.3 Å². The number of carbonyl (C=O) groups is 2. The van der Waals surface area contributed by atoms with E-state index in [0.717, 1.165) is 59.5 Å². The summed E-state index contributed by atoms with van der Waals surface area (Å²) < 4.78 is 5.62. The second kappa shape index (κ2) is 14.1. The second-order valence-corrected chi connectivity index (χ2v) is 12.1. The molecule has 1 aliphatic carbocycles. The van der Waals surface area contributed by atoms with Gasteiger partial charge in [-0.05, 0) is 66.3 Å². The SMILES string of the molecule is CCCCCCCC(=O)CC(=O)CCc1cc(OC)c(O)c([C@@H]2c3ccnc4c3C(=C[C@@]2(CO)Cc2ccc[nH]2)C=CN4)c1. The molecule has 2 atom stereocenters. The number of aryl methyl sites for hydroxylation is 1. The maximum absolute atomic E-state index is 12.8. The average Bonchev–Trinajstić information content (AvgIpc) is 3.54. The van der Waals surface area contributed by atoms with Gasteiger partial charge >= 0.3 is 0 Å². The number of nitrogens with zero attached hydrogens (tertiary/aromatic N) is 1. The first-order valence-electron chi connectivity index (χ1n) is 15.7. The van der Waals surface area contributed by atoms with E-state index in [4.69, 9.17) is 4.74 Å². The summed E-state index contributed by atoms with van der Waals surface area (Å²) in [6.07, 6.45) is 16.4. The first-order chi connectivity index (χ1) is 21.4. The van der Waals surface area contributed by atoms with Crippen LogP contribution in [0.4, 0.5) is 5.82 Å². The first-order valence-corrected chi connectivity index (χ1v) is 15.7. The number of phenols is 1. The standard InChI is InChI=1S/C36H43N3O5/c1-3-4-5-6-7-10-27(41)20-28(42)12-11-24-18-30(34(43)31(19-24)44-2)33-29-14-17-39-35-32(29)25(13-16-38-35)21-36(33,23-40)22-26-9-8-15-37-26/h8-9,13-19,21,33,37,40,43H,3-7,10-12,20,22-23H2,1-2H3,(H,38,39)/t33-,36-/m0/s1. The molecule has 0 unspecified atom stereocenters. The number of aliphatic hydroxyl groups is 1. The summed E-state index contributed by atoms with van der Waals surface area (Å²) in [6, 6.07) is 9.55. The lowest BCUT2D eigenvalue weighted by Gasteiger charge is -2.43. The number of pyridine rings is 1. The lowest BCUT2D eigenvalue weighted by molar-refractivity contribution is -0.127. The molecule has 5 rings (SSSR count). The molecule has 8 heteroatoms. The van der Waals surface area contributed by atoms with Crippen LogP contribution in [0, 0.1) is 5.41 Å². The molecular formula is C36H43N3O5. The number of rotatable bonds is 16. The highest BCUT2D eigenvalue weighted by Gasteiger charge is 2.46. The smallest absolute Gasteiger partial charge is 0.161 e. The summed E-state index contributed by atoms with van der Waals surface area (Å²) in [5.41, 5.74) is 4.39. The van der Waals surface area contributed by atoms with Crippen LogP contribution in [0.1, 0.15) is 92.2 Å². The molecule has 0 spiro atoms. The van der Waals surface area contributed by atoms with E-state index < -0.39 is 11.3 Å². The quantitative estimate of drug-likeness (QED) is 0.108. The number of phenolic OH excluding ortho intramolecular Hbond substituents is 1. The molecule has 3 heterocycles. The minimum Gasteiger partial charge on any atom is -0.504 e. The zero-order chi connectivity index (χ0) is 31.1. The average molecular weight is 598 g/mol. The van der Waals surface area contributed by atoms with Crippen molar-refractivity contribution in [2.24, 2.45) is 5.41 Å². The Hall–Kier alpha value is -4.17. The number of unbranched alkanes of at least 4 members (excludes halogenated alkanes) is 4. The molecule has 0 fully saturated rings.